The minimum absolute atomic E-state index is 0.292. The van der Waals surface area contributed by atoms with Gasteiger partial charge in [0.25, 0.3) is 0 Å². The molecule has 0 aliphatic rings. The second kappa shape index (κ2) is 6.99. The van der Waals surface area contributed by atoms with Crippen LogP contribution in [-0.2, 0) is 11.2 Å². The number of halogens is 1. The first-order valence-electron chi connectivity index (χ1n) is 6.93. The first-order chi connectivity index (χ1) is 10.1. The Balaban J connectivity index is 1.92. The molecule has 1 amide bonds. The van der Waals surface area contributed by atoms with Gasteiger partial charge < -0.3 is 11.1 Å². The molecule has 2 rings (SSSR count). The summed E-state index contributed by atoms with van der Waals surface area (Å²) in [7, 11) is 0. The Morgan fingerprint density at radius 2 is 1.95 bits per heavy atom. The largest absolute Gasteiger partial charge is 0.324 e. The summed E-state index contributed by atoms with van der Waals surface area (Å²) in [5.41, 5.74) is 8.31. The molecule has 0 saturated heterocycles. The van der Waals surface area contributed by atoms with Gasteiger partial charge in [0.2, 0.25) is 5.91 Å². The van der Waals surface area contributed by atoms with Crippen molar-refractivity contribution in [2.75, 3.05) is 5.32 Å². The number of nitrogens with one attached hydrogen (secondary N) is 1. The van der Waals surface area contributed by atoms with Crippen molar-refractivity contribution in [3.63, 3.8) is 0 Å². The quantitative estimate of drug-likeness (QED) is 0.887. The molecule has 3 nitrogen and oxygen atoms in total. The lowest BCUT2D eigenvalue weighted by atomic mass is 10.1. The number of nitrogens with two attached hydrogens (primary N) is 1. The molecule has 0 saturated carbocycles. The van der Waals surface area contributed by atoms with Crippen LogP contribution in [0.1, 0.15) is 17.5 Å². The molecule has 0 fully saturated rings. The summed E-state index contributed by atoms with van der Waals surface area (Å²) in [5.74, 6) is -0.673. The van der Waals surface area contributed by atoms with Gasteiger partial charge >= 0.3 is 0 Å². The molecule has 21 heavy (non-hydrogen) atoms. The van der Waals surface area contributed by atoms with Crippen molar-refractivity contribution >= 4 is 11.6 Å². The molecule has 1 unspecified atom stereocenters. The second-order valence-corrected chi connectivity index (χ2v) is 5.08. The minimum Gasteiger partial charge on any atom is -0.324 e. The van der Waals surface area contributed by atoms with Crippen molar-refractivity contribution in [3.8, 4) is 0 Å². The molecule has 4 heteroatoms. The topological polar surface area (TPSA) is 55.1 Å². The van der Waals surface area contributed by atoms with Crippen LogP contribution < -0.4 is 11.1 Å². The van der Waals surface area contributed by atoms with E-state index in [0.29, 0.717) is 12.1 Å². The van der Waals surface area contributed by atoms with Gasteiger partial charge in [-0.3, -0.25) is 4.79 Å². The highest BCUT2D eigenvalue weighted by molar-refractivity contribution is 5.95. The van der Waals surface area contributed by atoms with Gasteiger partial charge in [0.05, 0.1) is 6.04 Å². The molecular weight excluding hydrogens is 267 g/mol. The molecule has 0 spiro atoms. The number of anilines is 1. The Morgan fingerprint density at radius 1 is 1.24 bits per heavy atom. The van der Waals surface area contributed by atoms with Crippen LogP contribution >= 0.6 is 0 Å². The fourth-order valence-corrected chi connectivity index (χ4v) is 2.05. The highest BCUT2D eigenvalue weighted by atomic mass is 19.1. The summed E-state index contributed by atoms with van der Waals surface area (Å²) < 4.78 is 13.2. The smallest absolute Gasteiger partial charge is 0.241 e. The fraction of sp³-hybridized carbons (Fsp3) is 0.235. The highest BCUT2D eigenvalue weighted by Gasteiger charge is 2.14. The summed E-state index contributed by atoms with van der Waals surface area (Å²) in [6.07, 6.45) is 1.28. The zero-order chi connectivity index (χ0) is 15.2. The van der Waals surface area contributed by atoms with Gasteiger partial charge in [0.1, 0.15) is 5.82 Å². The maximum atomic E-state index is 13.2. The lowest BCUT2D eigenvalue weighted by Gasteiger charge is -2.14. The van der Waals surface area contributed by atoms with Crippen molar-refractivity contribution in [1.82, 2.24) is 0 Å². The summed E-state index contributed by atoms with van der Waals surface area (Å²) in [4.78, 5) is 12.0. The summed E-state index contributed by atoms with van der Waals surface area (Å²) >= 11 is 0. The molecule has 0 radical (unpaired) electrons. The molecule has 0 heterocycles. The van der Waals surface area contributed by atoms with Crippen molar-refractivity contribution in [2.24, 2.45) is 5.73 Å². The van der Waals surface area contributed by atoms with Crippen LogP contribution in [0.3, 0.4) is 0 Å². The van der Waals surface area contributed by atoms with Crippen molar-refractivity contribution in [2.45, 2.75) is 25.8 Å². The summed E-state index contributed by atoms with van der Waals surface area (Å²) in [6, 6.07) is 13.5. The van der Waals surface area contributed by atoms with Crippen molar-refractivity contribution < 1.29 is 9.18 Å². The van der Waals surface area contributed by atoms with Crippen LogP contribution in [0.4, 0.5) is 10.1 Å². The number of hydrogen-bond donors (Lipinski definition) is 2. The zero-order valence-electron chi connectivity index (χ0n) is 12.0. The monoisotopic (exact) mass is 286 g/mol. The van der Waals surface area contributed by atoms with E-state index in [4.69, 9.17) is 5.73 Å². The zero-order valence-corrected chi connectivity index (χ0v) is 12.0. The van der Waals surface area contributed by atoms with Crippen molar-refractivity contribution in [3.05, 3.63) is 65.5 Å². The Labute approximate surface area is 124 Å². The van der Waals surface area contributed by atoms with Crippen LogP contribution in [0.5, 0.6) is 0 Å². The molecule has 2 aromatic rings. The van der Waals surface area contributed by atoms with Gasteiger partial charge in [-0.05, 0) is 43.0 Å². The van der Waals surface area contributed by atoms with E-state index in [-0.39, 0.29) is 11.7 Å². The third-order valence-corrected chi connectivity index (χ3v) is 3.38. The van der Waals surface area contributed by atoms with Gasteiger partial charge in [0, 0.05) is 5.69 Å². The minimum atomic E-state index is -0.618. The first-order valence-corrected chi connectivity index (χ1v) is 6.93. The van der Waals surface area contributed by atoms with Gasteiger partial charge in [-0.15, -0.1) is 0 Å². The number of hydrogen-bond acceptors (Lipinski definition) is 2. The lowest BCUT2D eigenvalue weighted by molar-refractivity contribution is -0.117. The average molecular weight is 286 g/mol. The van der Waals surface area contributed by atoms with Crippen molar-refractivity contribution in [1.29, 1.82) is 0 Å². The molecule has 0 aliphatic heterocycles. The predicted molar refractivity (Wildman–Crippen MR) is 82.5 cm³/mol. The van der Waals surface area contributed by atoms with E-state index in [9.17, 15) is 9.18 Å². The molecular formula is C17H19FN2O. The van der Waals surface area contributed by atoms with Crippen LogP contribution in [0.25, 0.3) is 0 Å². The highest BCUT2D eigenvalue weighted by Crippen LogP contribution is 2.16. The van der Waals surface area contributed by atoms with Crippen LogP contribution in [0.2, 0.25) is 0 Å². The lowest BCUT2D eigenvalue weighted by Crippen LogP contribution is -2.36. The van der Waals surface area contributed by atoms with E-state index in [2.05, 4.69) is 5.32 Å². The third-order valence-electron chi connectivity index (χ3n) is 3.38. The second-order valence-electron chi connectivity index (χ2n) is 5.08. The van der Waals surface area contributed by atoms with Gasteiger partial charge in [-0.2, -0.15) is 0 Å². The number of aryl methyl sites for hydroxylation is 2. The Morgan fingerprint density at radius 3 is 2.67 bits per heavy atom. The molecule has 3 N–H and O–H groups in total. The van der Waals surface area contributed by atoms with Crippen LogP contribution in [0.15, 0.2) is 48.5 Å². The van der Waals surface area contributed by atoms with Crippen LogP contribution in [0, 0.1) is 12.7 Å². The Hall–Kier alpha value is -2.20. The number of benzene rings is 2. The molecule has 0 aliphatic carbocycles. The van der Waals surface area contributed by atoms with Gasteiger partial charge in [0.15, 0.2) is 0 Å². The molecule has 0 bridgehead atoms. The van der Waals surface area contributed by atoms with E-state index in [1.165, 1.54) is 12.1 Å². The average Bonchev–Trinajstić information content (AvgIpc) is 2.49. The van der Waals surface area contributed by atoms with E-state index >= 15 is 0 Å². The van der Waals surface area contributed by atoms with E-state index in [0.717, 1.165) is 17.5 Å². The number of carbonyl (C=O) groups excluding carboxylic acids is 1. The molecule has 2 aromatic carbocycles. The van der Waals surface area contributed by atoms with Gasteiger partial charge in [-0.25, -0.2) is 4.39 Å². The number of rotatable bonds is 5. The first kappa shape index (κ1) is 15.2. The van der Waals surface area contributed by atoms with E-state index in [1.807, 2.05) is 37.3 Å². The predicted octanol–water partition coefficient (Wildman–Crippen LogP) is 3.03. The molecule has 1 atom stereocenters. The summed E-state index contributed by atoms with van der Waals surface area (Å²) in [6.45, 7) is 1.81. The van der Waals surface area contributed by atoms with Crippen LogP contribution in [-0.4, -0.2) is 11.9 Å². The molecule has 0 aromatic heterocycles. The standard InChI is InChI=1S/C17H19FN2O/c1-12-7-9-14(18)11-16(12)20-17(21)15(19)10-8-13-5-3-2-4-6-13/h2-7,9,11,15H,8,10,19H2,1H3,(H,20,21). The number of carbonyl (C=O) groups is 1. The maximum Gasteiger partial charge on any atom is 0.241 e. The third kappa shape index (κ3) is 4.39. The fourth-order valence-electron chi connectivity index (χ4n) is 2.05. The SMILES string of the molecule is Cc1ccc(F)cc1NC(=O)C(N)CCc1ccccc1. The Kier molecular flexibility index (Phi) is 5.06. The normalized spacial score (nSPS) is 12.0. The Bertz CT molecular complexity index is 613. The number of amides is 1. The maximum absolute atomic E-state index is 13.2. The molecule has 110 valence electrons. The van der Waals surface area contributed by atoms with Gasteiger partial charge in [-0.1, -0.05) is 36.4 Å². The van der Waals surface area contributed by atoms with E-state index in [1.54, 1.807) is 6.07 Å². The van der Waals surface area contributed by atoms with E-state index < -0.39 is 6.04 Å². The summed E-state index contributed by atoms with van der Waals surface area (Å²) in [5, 5.41) is 2.68.